The SMILES string of the molecule is O=C(NC[C@H]1CN(c2ccc(N3CCON(CCOCCO)CC3)c(F)c2)C(=O)O1)C(F)F. The summed E-state index contributed by atoms with van der Waals surface area (Å²) in [4.78, 5) is 31.8. The van der Waals surface area contributed by atoms with Crippen LogP contribution in [0, 0.1) is 5.82 Å². The third-order valence-electron chi connectivity index (χ3n) is 5.13. The molecule has 1 aromatic rings. The lowest BCUT2D eigenvalue weighted by molar-refractivity contribution is -0.156. The second-order valence-electron chi connectivity index (χ2n) is 7.38. The first-order valence-corrected chi connectivity index (χ1v) is 10.5. The monoisotopic (exact) mass is 476 g/mol. The molecule has 1 atom stereocenters. The maximum Gasteiger partial charge on any atom is 0.414 e. The molecule has 0 radical (unpaired) electrons. The first-order chi connectivity index (χ1) is 15.9. The van der Waals surface area contributed by atoms with E-state index in [1.807, 2.05) is 10.2 Å². The van der Waals surface area contributed by atoms with Crippen molar-refractivity contribution in [2.75, 3.05) is 75.5 Å². The average molecular weight is 476 g/mol. The van der Waals surface area contributed by atoms with Gasteiger partial charge in [0.2, 0.25) is 0 Å². The second-order valence-corrected chi connectivity index (χ2v) is 7.38. The van der Waals surface area contributed by atoms with E-state index < -0.39 is 30.3 Å². The molecule has 2 saturated heterocycles. The number of alkyl halides is 2. The van der Waals surface area contributed by atoms with Gasteiger partial charge in [-0.3, -0.25) is 14.5 Å². The Labute approximate surface area is 188 Å². The van der Waals surface area contributed by atoms with E-state index in [2.05, 4.69) is 0 Å². The van der Waals surface area contributed by atoms with Crippen molar-refractivity contribution >= 4 is 23.4 Å². The van der Waals surface area contributed by atoms with Gasteiger partial charge in [-0.1, -0.05) is 0 Å². The van der Waals surface area contributed by atoms with E-state index in [0.29, 0.717) is 45.1 Å². The van der Waals surface area contributed by atoms with Gasteiger partial charge in [-0.2, -0.15) is 13.8 Å². The van der Waals surface area contributed by atoms with Gasteiger partial charge >= 0.3 is 12.5 Å². The van der Waals surface area contributed by atoms with E-state index in [-0.39, 0.29) is 32.0 Å². The molecule has 2 heterocycles. The van der Waals surface area contributed by atoms with Gasteiger partial charge in [0.1, 0.15) is 11.9 Å². The van der Waals surface area contributed by atoms with Crippen molar-refractivity contribution < 1.29 is 42.2 Å². The summed E-state index contributed by atoms with van der Waals surface area (Å²) in [6.07, 6.45) is -4.73. The highest BCUT2D eigenvalue weighted by molar-refractivity contribution is 5.90. The molecular formula is C20H27F3N4O6. The summed E-state index contributed by atoms with van der Waals surface area (Å²) in [7, 11) is 0. The van der Waals surface area contributed by atoms with Crippen LogP contribution >= 0.6 is 0 Å². The largest absolute Gasteiger partial charge is 0.442 e. The van der Waals surface area contributed by atoms with E-state index in [4.69, 9.17) is 19.4 Å². The Balaban J connectivity index is 1.55. The van der Waals surface area contributed by atoms with Gasteiger partial charge < -0.3 is 24.8 Å². The molecule has 0 saturated carbocycles. The van der Waals surface area contributed by atoms with Crippen molar-refractivity contribution in [2.45, 2.75) is 12.5 Å². The fourth-order valence-corrected chi connectivity index (χ4v) is 3.49. The number of nitrogens with zero attached hydrogens (tertiary/aromatic N) is 3. The number of benzene rings is 1. The molecule has 3 rings (SSSR count). The number of hydroxylamine groups is 2. The lowest BCUT2D eigenvalue weighted by atomic mass is 10.2. The molecule has 10 nitrogen and oxygen atoms in total. The van der Waals surface area contributed by atoms with Crippen LogP contribution < -0.4 is 15.1 Å². The first kappa shape index (κ1) is 25.0. The highest BCUT2D eigenvalue weighted by Gasteiger charge is 2.33. The molecule has 13 heteroatoms. The van der Waals surface area contributed by atoms with E-state index in [1.165, 1.54) is 11.0 Å². The van der Waals surface area contributed by atoms with Crippen LogP contribution in [0.5, 0.6) is 0 Å². The minimum Gasteiger partial charge on any atom is -0.442 e. The van der Waals surface area contributed by atoms with Crippen LogP contribution in [0.3, 0.4) is 0 Å². The van der Waals surface area contributed by atoms with Crippen LogP contribution in [0.25, 0.3) is 0 Å². The highest BCUT2D eigenvalue weighted by atomic mass is 19.3. The van der Waals surface area contributed by atoms with Gasteiger partial charge in [0.15, 0.2) is 0 Å². The number of hydrogen-bond acceptors (Lipinski definition) is 8. The van der Waals surface area contributed by atoms with Crippen LogP contribution in [-0.4, -0.2) is 100 Å². The van der Waals surface area contributed by atoms with E-state index in [0.717, 1.165) is 0 Å². The summed E-state index contributed by atoms with van der Waals surface area (Å²) >= 11 is 0. The third kappa shape index (κ3) is 6.93. The van der Waals surface area contributed by atoms with Crippen molar-refractivity contribution in [1.82, 2.24) is 10.4 Å². The maximum atomic E-state index is 14.9. The predicted octanol–water partition coefficient (Wildman–Crippen LogP) is 0.595. The van der Waals surface area contributed by atoms with Gasteiger partial charge in [-0.25, -0.2) is 9.18 Å². The third-order valence-corrected chi connectivity index (χ3v) is 5.13. The number of nitrogens with one attached hydrogen (secondary N) is 1. The molecule has 2 aliphatic rings. The quantitative estimate of drug-likeness (QED) is 0.473. The first-order valence-electron chi connectivity index (χ1n) is 10.5. The zero-order valence-electron chi connectivity index (χ0n) is 17.9. The summed E-state index contributed by atoms with van der Waals surface area (Å²) in [6, 6.07) is 4.35. The molecule has 2 aliphatic heterocycles. The summed E-state index contributed by atoms with van der Waals surface area (Å²) < 4.78 is 49.8. The van der Waals surface area contributed by atoms with Crippen molar-refractivity contribution in [3.8, 4) is 0 Å². The Bertz CT molecular complexity index is 818. The molecule has 2 N–H and O–H groups in total. The van der Waals surface area contributed by atoms with Crippen LogP contribution in [0.15, 0.2) is 18.2 Å². The lowest BCUT2D eigenvalue weighted by Crippen LogP contribution is -2.37. The molecule has 33 heavy (non-hydrogen) atoms. The Kier molecular flexibility index (Phi) is 9.11. The zero-order valence-corrected chi connectivity index (χ0v) is 17.9. The smallest absolute Gasteiger partial charge is 0.414 e. The Morgan fingerprint density at radius 3 is 2.82 bits per heavy atom. The minimum absolute atomic E-state index is 0.00793. The average Bonchev–Trinajstić information content (AvgIpc) is 3.00. The Hall–Kier alpha value is -2.61. The molecule has 2 fully saturated rings. The Morgan fingerprint density at radius 2 is 2.09 bits per heavy atom. The van der Waals surface area contributed by atoms with Crippen LogP contribution in [-0.2, 0) is 19.1 Å². The van der Waals surface area contributed by atoms with Crippen LogP contribution in [0.2, 0.25) is 0 Å². The number of aliphatic hydroxyl groups is 1. The maximum absolute atomic E-state index is 14.9. The van der Waals surface area contributed by atoms with Crippen molar-refractivity contribution in [2.24, 2.45) is 0 Å². The van der Waals surface area contributed by atoms with Gasteiger partial charge in [0.25, 0.3) is 5.91 Å². The van der Waals surface area contributed by atoms with E-state index in [1.54, 1.807) is 17.2 Å². The topological polar surface area (TPSA) is 104 Å². The lowest BCUT2D eigenvalue weighted by Gasteiger charge is -2.24. The summed E-state index contributed by atoms with van der Waals surface area (Å²) in [5.41, 5.74) is 0.617. The number of cyclic esters (lactones) is 1. The van der Waals surface area contributed by atoms with Gasteiger partial charge in [0.05, 0.1) is 50.9 Å². The zero-order chi connectivity index (χ0) is 23.8. The van der Waals surface area contributed by atoms with Crippen LogP contribution in [0.4, 0.5) is 29.3 Å². The molecule has 0 bridgehead atoms. The number of aliphatic hydroxyl groups excluding tert-OH is 1. The number of ether oxygens (including phenoxy) is 2. The standard InChI is InChI=1S/C20H27F3N4O6/c21-16-11-14(27-13-15(33-20(27)30)12-24-19(29)18(22)23)1-2-17(16)25-3-4-26(32-9-5-25)6-8-31-10-7-28/h1-2,11,15,18,28H,3-10,12-13H2,(H,24,29)/t15-/m0/s1. The van der Waals surface area contributed by atoms with E-state index >= 15 is 0 Å². The number of carbonyl (C=O) groups excluding carboxylic acids is 2. The molecule has 0 aromatic heterocycles. The second kappa shape index (κ2) is 12.0. The fourth-order valence-electron chi connectivity index (χ4n) is 3.49. The molecule has 184 valence electrons. The fraction of sp³-hybridized carbons (Fsp3) is 0.600. The number of amides is 2. The number of halogens is 3. The highest BCUT2D eigenvalue weighted by Crippen LogP contribution is 2.28. The molecule has 0 aliphatic carbocycles. The minimum atomic E-state index is -3.16. The molecular weight excluding hydrogens is 449 g/mol. The van der Waals surface area contributed by atoms with Crippen LogP contribution in [0.1, 0.15) is 0 Å². The Morgan fingerprint density at radius 1 is 1.27 bits per heavy atom. The summed E-state index contributed by atoms with van der Waals surface area (Å²) in [6.45, 7) is 2.71. The molecule has 0 spiro atoms. The number of carbonyl (C=O) groups is 2. The predicted molar refractivity (Wildman–Crippen MR) is 111 cm³/mol. The molecule has 2 amide bonds. The van der Waals surface area contributed by atoms with Gasteiger partial charge in [-0.15, -0.1) is 0 Å². The molecule has 0 unspecified atom stereocenters. The number of hydrogen-bond donors (Lipinski definition) is 2. The number of rotatable bonds is 10. The van der Waals surface area contributed by atoms with Gasteiger partial charge in [-0.05, 0) is 18.2 Å². The molecule has 1 aromatic carbocycles. The van der Waals surface area contributed by atoms with Crippen molar-refractivity contribution in [3.05, 3.63) is 24.0 Å². The summed E-state index contributed by atoms with van der Waals surface area (Å²) in [5.74, 6) is -1.98. The van der Waals surface area contributed by atoms with E-state index in [9.17, 15) is 22.8 Å². The number of anilines is 2. The van der Waals surface area contributed by atoms with Crippen molar-refractivity contribution in [3.63, 3.8) is 0 Å². The normalized spacial score (nSPS) is 19.7. The summed E-state index contributed by atoms with van der Waals surface area (Å²) in [5, 5.41) is 12.5. The van der Waals surface area contributed by atoms with Gasteiger partial charge in [0, 0.05) is 26.2 Å². The van der Waals surface area contributed by atoms with Crippen molar-refractivity contribution in [1.29, 1.82) is 0 Å².